The van der Waals surface area contributed by atoms with E-state index in [1.807, 2.05) is 18.2 Å². The summed E-state index contributed by atoms with van der Waals surface area (Å²) < 4.78 is 21.3. The maximum Gasteiger partial charge on any atom is 0.274 e. The van der Waals surface area contributed by atoms with Crippen LogP contribution in [0.25, 0.3) is 22.4 Å². The van der Waals surface area contributed by atoms with E-state index in [0.29, 0.717) is 39.9 Å². The first-order valence-corrected chi connectivity index (χ1v) is 11.2. The molecule has 1 aromatic carbocycles. The van der Waals surface area contributed by atoms with Crippen molar-refractivity contribution in [2.24, 2.45) is 13.0 Å². The van der Waals surface area contributed by atoms with Gasteiger partial charge >= 0.3 is 0 Å². The van der Waals surface area contributed by atoms with Crippen LogP contribution in [0.5, 0.6) is 5.88 Å². The summed E-state index contributed by atoms with van der Waals surface area (Å²) in [6.07, 6.45) is 4.88. The van der Waals surface area contributed by atoms with Crippen molar-refractivity contribution in [2.45, 2.75) is 26.2 Å². The minimum absolute atomic E-state index is 0.0157. The second-order valence-corrected chi connectivity index (χ2v) is 8.39. The molecule has 0 saturated carbocycles. The second-order valence-electron chi connectivity index (χ2n) is 8.39. The summed E-state index contributed by atoms with van der Waals surface area (Å²) in [6, 6.07) is 11.8. The highest BCUT2D eigenvalue weighted by molar-refractivity contribution is 5.83. The van der Waals surface area contributed by atoms with Gasteiger partial charge in [-0.3, -0.25) is 4.79 Å². The predicted molar refractivity (Wildman–Crippen MR) is 127 cm³/mol. The van der Waals surface area contributed by atoms with Crippen molar-refractivity contribution in [1.29, 1.82) is 5.26 Å². The van der Waals surface area contributed by atoms with Crippen LogP contribution in [0.3, 0.4) is 0 Å². The normalized spacial score (nSPS) is 14.2. The van der Waals surface area contributed by atoms with Gasteiger partial charge in [0.15, 0.2) is 0 Å². The highest BCUT2D eigenvalue weighted by Crippen LogP contribution is 2.35. The van der Waals surface area contributed by atoms with E-state index in [0.717, 1.165) is 32.4 Å². The summed E-state index contributed by atoms with van der Waals surface area (Å²) in [7, 11) is 3.27. The van der Waals surface area contributed by atoms with E-state index in [4.69, 9.17) is 10.00 Å². The summed E-state index contributed by atoms with van der Waals surface area (Å²) >= 11 is 0. The van der Waals surface area contributed by atoms with Crippen LogP contribution in [-0.2, 0) is 7.05 Å². The predicted octanol–water partition coefficient (Wildman–Crippen LogP) is 4.76. The van der Waals surface area contributed by atoms with E-state index in [2.05, 4.69) is 16.8 Å². The van der Waals surface area contributed by atoms with E-state index in [-0.39, 0.29) is 11.1 Å². The maximum atomic E-state index is 14.6. The van der Waals surface area contributed by atoms with Gasteiger partial charge in [0.25, 0.3) is 5.56 Å². The number of methoxy groups -OCH3 is 1. The van der Waals surface area contributed by atoms with Crippen LogP contribution < -0.4 is 15.2 Å². The zero-order valence-corrected chi connectivity index (χ0v) is 19.1. The fourth-order valence-electron chi connectivity index (χ4n) is 4.51. The molecule has 170 valence electrons. The number of ether oxygens (including phenoxy) is 1. The average molecular weight is 447 g/mol. The Balaban J connectivity index is 1.90. The molecule has 0 bridgehead atoms. The Kier molecular flexibility index (Phi) is 6.45. The van der Waals surface area contributed by atoms with Gasteiger partial charge in [0, 0.05) is 43.5 Å². The first-order chi connectivity index (χ1) is 16.0. The Morgan fingerprint density at radius 1 is 1.18 bits per heavy atom. The number of nitrogens with zero attached hydrogens (tertiary/aromatic N) is 4. The van der Waals surface area contributed by atoms with Crippen LogP contribution in [-0.4, -0.2) is 29.8 Å². The van der Waals surface area contributed by atoms with Gasteiger partial charge in [-0.2, -0.15) is 5.26 Å². The maximum absolute atomic E-state index is 14.6. The van der Waals surface area contributed by atoms with Gasteiger partial charge in [-0.05, 0) is 48.6 Å². The lowest BCUT2D eigenvalue weighted by atomic mass is 9.93. The molecule has 6 nitrogen and oxygen atoms in total. The quantitative estimate of drug-likeness (QED) is 0.565. The molecule has 1 aliphatic rings. The summed E-state index contributed by atoms with van der Waals surface area (Å²) in [5, 5.41) is 9.14. The Bertz CT molecular complexity index is 1250. The Morgan fingerprint density at radius 2 is 1.91 bits per heavy atom. The number of rotatable bonds is 5. The van der Waals surface area contributed by atoms with Crippen LogP contribution in [0.2, 0.25) is 0 Å². The third-order valence-corrected chi connectivity index (χ3v) is 6.55. The molecule has 0 atom stereocenters. The van der Waals surface area contributed by atoms with Crippen LogP contribution in [0, 0.1) is 23.1 Å². The molecule has 4 rings (SSSR count). The van der Waals surface area contributed by atoms with Crippen molar-refractivity contribution in [1.82, 2.24) is 9.55 Å². The first kappa shape index (κ1) is 22.5. The minimum atomic E-state index is -0.590. The first-order valence-electron chi connectivity index (χ1n) is 11.2. The number of pyridine rings is 2. The molecule has 7 heteroatoms. The highest BCUT2D eigenvalue weighted by atomic mass is 19.1. The minimum Gasteiger partial charge on any atom is -0.481 e. The molecular weight excluding hydrogens is 419 g/mol. The lowest BCUT2D eigenvalue weighted by Crippen LogP contribution is -2.38. The van der Waals surface area contributed by atoms with Gasteiger partial charge in [-0.15, -0.1) is 0 Å². The average Bonchev–Trinajstić information content (AvgIpc) is 2.85. The number of hydrogen-bond donors (Lipinski definition) is 0. The van der Waals surface area contributed by atoms with Gasteiger partial charge < -0.3 is 14.2 Å². The molecule has 0 spiro atoms. The molecule has 0 radical (unpaired) electrons. The number of hydrogen-bond acceptors (Lipinski definition) is 5. The van der Waals surface area contributed by atoms with Crippen molar-refractivity contribution >= 4 is 5.69 Å². The molecule has 3 heterocycles. The van der Waals surface area contributed by atoms with Crippen molar-refractivity contribution in [2.75, 3.05) is 25.1 Å². The molecule has 3 aromatic rings. The van der Waals surface area contributed by atoms with E-state index < -0.39 is 5.82 Å². The third kappa shape index (κ3) is 4.34. The zero-order chi connectivity index (χ0) is 23.5. The fraction of sp³-hybridized carbons (Fsp3) is 0.346. The SMILES string of the molecule is CCC1CCN(c2cc(-c3ccc(C#N)c(F)c3)c(-c3ccc(OC)nc3)n(C)c2=O)CC1. The largest absolute Gasteiger partial charge is 0.481 e. The van der Waals surface area contributed by atoms with Gasteiger partial charge in [-0.25, -0.2) is 9.37 Å². The number of benzene rings is 1. The number of anilines is 1. The number of halogens is 1. The van der Waals surface area contributed by atoms with Gasteiger partial charge in [0.1, 0.15) is 17.6 Å². The molecule has 0 unspecified atom stereocenters. The zero-order valence-electron chi connectivity index (χ0n) is 19.1. The molecule has 2 aromatic heterocycles. The van der Waals surface area contributed by atoms with Crippen molar-refractivity contribution in [3.8, 4) is 34.3 Å². The molecule has 0 N–H and O–H groups in total. The number of nitriles is 1. The monoisotopic (exact) mass is 446 g/mol. The Hall–Kier alpha value is -3.66. The number of aromatic nitrogens is 2. The molecule has 1 fully saturated rings. The molecule has 1 saturated heterocycles. The lowest BCUT2D eigenvalue weighted by Gasteiger charge is -2.33. The number of piperidine rings is 1. The second kappa shape index (κ2) is 9.45. The molecule has 33 heavy (non-hydrogen) atoms. The van der Waals surface area contributed by atoms with Crippen molar-refractivity contribution < 1.29 is 9.13 Å². The summed E-state index contributed by atoms with van der Waals surface area (Å²) in [5.74, 6) is 0.556. The Morgan fingerprint density at radius 3 is 2.48 bits per heavy atom. The topological polar surface area (TPSA) is 71.2 Å². The molecule has 1 aliphatic heterocycles. The van der Waals surface area contributed by atoms with Crippen molar-refractivity contribution in [3.63, 3.8) is 0 Å². The van der Waals surface area contributed by atoms with Crippen molar-refractivity contribution in [3.05, 3.63) is 64.3 Å². The van der Waals surface area contributed by atoms with Crippen LogP contribution in [0.4, 0.5) is 10.1 Å². The van der Waals surface area contributed by atoms with E-state index >= 15 is 0 Å². The van der Waals surface area contributed by atoms with Gasteiger partial charge in [0.2, 0.25) is 5.88 Å². The summed E-state index contributed by atoms with van der Waals surface area (Å²) in [4.78, 5) is 19.9. The molecule has 0 amide bonds. The van der Waals surface area contributed by atoms with Crippen LogP contribution >= 0.6 is 0 Å². The fourth-order valence-corrected chi connectivity index (χ4v) is 4.51. The van der Waals surface area contributed by atoms with Crippen LogP contribution in [0.15, 0.2) is 47.4 Å². The van der Waals surface area contributed by atoms with E-state index in [1.165, 1.54) is 12.1 Å². The summed E-state index contributed by atoms with van der Waals surface area (Å²) in [5.41, 5.74) is 3.14. The molecule has 0 aliphatic carbocycles. The standard InChI is InChI=1S/C26H27FN4O2/c1-4-17-9-11-31(12-10-17)23-14-21(18-5-6-19(15-28)22(27)13-18)25(30(2)26(23)32)20-7-8-24(33-3)29-16-20/h5-8,13-14,16-17H,4,9-12H2,1-3H3. The van der Waals surface area contributed by atoms with E-state index in [9.17, 15) is 9.18 Å². The smallest absolute Gasteiger partial charge is 0.274 e. The van der Waals surface area contributed by atoms with Crippen LogP contribution in [0.1, 0.15) is 31.7 Å². The third-order valence-electron chi connectivity index (χ3n) is 6.55. The highest BCUT2D eigenvalue weighted by Gasteiger charge is 2.24. The van der Waals surface area contributed by atoms with E-state index in [1.54, 1.807) is 37.1 Å². The molecular formula is C26H27FN4O2. The van der Waals surface area contributed by atoms with Gasteiger partial charge in [0.05, 0.1) is 18.4 Å². The van der Waals surface area contributed by atoms with Gasteiger partial charge in [-0.1, -0.05) is 19.4 Å². The lowest BCUT2D eigenvalue weighted by molar-refractivity contribution is 0.394. The Labute approximate surface area is 192 Å². The summed E-state index contributed by atoms with van der Waals surface area (Å²) in [6.45, 7) is 3.84.